The lowest BCUT2D eigenvalue weighted by Crippen LogP contribution is -2.14. The maximum absolute atomic E-state index is 12.1. The van der Waals surface area contributed by atoms with E-state index >= 15 is 0 Å². The number of halogens is 3. The predicted molar refractivity (Wildman–Crippen MR) is 64.1 cm³/mol. The summed E-state index contributed by atoms with van der Waals surface area (Å²) in [5.74, 6) is 0. The monoisotopic (exact) mass is 311 g/mol. The first-order valence-electron chi connectivity index (χ1n) is 4.17. The Bertz CT molecular complexity index is 655. The van der Waals surface area contributed by atoms with Crippen molar-refractivity contribution in [2.75, 3.05) is 0 Å². The number of aromatic nitrogens is 3. The number of hydrogen-bond acceptors (Lipinski definition) is 4. The summed E-state index contributed by atoms with van der Waals surface area (Å²) >= 11 is 17.3. The molecule has 0 saturated heterocycles. The van der Waals surface area contributed by atoms with Gasteiger partial charge < -0.3 is 0 Å². The van der Waals surface area contributed by atoms with Crippen molar-refractivity contribution < 1.29 is 8.42 Å². The van der Waals surface area contributed by atoms with E-state index in [1.807, 2.05) is 0 Å². The van der Waals surface area contributed by atoms with E-state index in [2.05, 4.69) is 10.1 Å². The maximum atomic E-state index is 12.1. The van der Waals surface area contributed by atoms with Crippen molar-refractivity contribution in [2.24, 2.45) is 0 Å². The van der Waals surface area contributed by atoms with E-state index in [1.165, 1.54) is 12.1 Å². The van der Waals surface area contributed by atoms with Crippen molar-refractivity contribution in [2.45, 2.75) is 4.90 Å². The molecule has 0 atom stereocenters. The molecule has 17 heavy (non-hydrogen) atoms. The lowest BCUT2D eigenvalue weighted by molar-refractivity contribution is 0.580. The zero-order valence-electron chi connectivity index (χ0n) is 8.01. The number of hydrogen-bond donors (Lipinski definition) is 0. The van der Waals surface area contributed by atoms with Crippen molar-refractivity contribution in [3.8, 4) is 0 Å². The number of benzene rings is 1. The summed E-state index contributed by atoms with van der Waals surface area (Å²) in [5, 5.41) is 3.78. The molecule has 90 valence electrons. The zero-order chi connectivity index (χ0) is 12.6. The fraction of sp³-hybridized carbons (Fsp3) is 0. The minimum absolute atomic E-state index is 0.0325. The van der Waals surface area contributed by atoms with E-state index in [9.17, 15) is 8.42 Å². The van der Waals surface area contributed by atoms with Crippen LogP contribution in [0, 0.1) is 0 Å². The second-order valence-corrected chi connectivity index (χ2v) is 5.96. The third-order valence-electron chi connectivity index (χ3n) is 1.90. The Morgan fingerprint density at radius 3 is 2.29 bits per heavy atom. The van der Waals surface area contributed by atoms with E-state index in [-0.39, 0.29) is 20.0 Å². The zero-order valence-corrected chi connectivity index (χ0v) is 11.1. The minimum atomic E-state index is -3.90. The molecule has 0 bridgehead atoms. The summed E-state index contributed by atoms with van der Waals surface area (Å²) in [6.45, 7) is 0. The fourth-order valence-corrected chi connectivity index (χ4v) is 3.15. The highest BCUT2D eigenvalue weighted by Crippen LogP contribution is 2.32. The molecule has 0 aliphatic heterocycles. The van der Waals surface area contributed by atoms with Gasteiger partial charge in [-0.3, -0.25) is 0 Å². The first-order valence-corrected chi connectivity index (χ1v) is 6.75. The van der Waals surface area contributed by atoms with E-state index in [1.54, 1.807) is 0 Å². The summed E-state index contributed by atoms with van der Waals surface area (Å²) in [5.41, 5.74) is 0. The van der Waals surface area contributed by atoms with Gasteiger partial charge in [-0.25, -0.2) is 4.98 Å². The van der Waals surface area contributed by atoms with Crippen LogP contribution in [0.15, 0.2) is 29.7 Å². The molecule has 0 aliphatic rings. The van der Waals surface area contributed by atoms with Crippen molar-refractivity contribution >= 4 is 44.8 Å². The van der Waals surface area contributed by atoms with Gasteiger partial charge in [-0.15, -0.1) is 9.19 Å². The fourth-order valence-electron chi connectivity index (χ4n) is 1.12. The number of rotatable bonds is 2. The molecule has 0 fully saturated rings. The molecule has 0 unspecified atom stereocenters. The molecule has 0 spiro atoms. The van der Waals surface area contributed by atoms with Crippen LogP contribution in [0.1, 0.15) is 0 Å². The molecular weight excluding hydrogens is 309 g/mol. The Balaban J connectivity index is 2.67. The molecule has 1 aromatic carbocycles. The molecule has 0 aliphatic carbocycles. The van der Waals surface area contributed by atoms with Crippen LogP contribution < -0.4 is 0 Å². The van der Waals surface area contributed by atoms with Crippen LogP contribution in [0.3, 0.4) is 0 Å². The quantitative estimate of drug-likeness (QED) is 0.799. The second kappa shape index (κ2) is 4.45. The Morgan fingerprint density at radius 1 is 1.06 bits per heavy atom. The first kappa shape index (κ1) is 12.6. The van der Waals surface area contributed by atoms with Gasteiger partial charge in [0.05, 0.1) is 15.1 Å². The highest BCUT2D eigenvalue weighted by molar-refractivity contribution is 7.90. The molecule has 0 N–H and O–H groups in total. The Labute approximate surface area is 112 Å². The summed E-state index contributed by atoms with van der Waals surface area (Å²) in [6, 6.07) is 2.43. The molecule has 9 heteroatoms. The Morgan fingerprint density at radius 2 is 1.71 bits per heavy atom. The molecule has 1 aromatic heterocycles. The highest BCUT2D eigenvalue weighted by Gasteiger charge is 2.22. The summed E-state index contributed by atoms with van der Waals surface area (Å²) in [4.78, 5) is 3.37. The van der Waals surface area contributed by atoms with E-state index in [0.717, 1.165) is 12.7 Å². The number of nitrogens with zero attached hydrogens (tertiary/aromatic N) is 3. The second-order valence-electron chi connectivity index (χ2n) is 2.97. The molecule has 0 radical (unpaired) electrons. The van der Waals surface area contributed by atoms with Crippen LogP contribution in [-0.4, -0.2) is 22.6 Å². The average molecular weight is 313 g/mol. The van der Waals surface area contributed by atoms with Crippen molar-refractivity contribution in [3.63, 3.8) is 0 Å². The van der Waals surface area contributed by atoms with Crippen LogP contribution in [0.2, 0.25) is 15.1 Å². The lowest BCUT2D eigenvalue weighted by atomic mass is 10.4. The van der Waals surface area contributed by atoms with E-state index in [0.29, 0.717) is 4.09 Å². The van der Waals surface area contributed by atoms with Gasteiger partial charge in [0.15, 0.2) is 0 Å². The molecule has 1 heterocycles. The lowest BCUT2D eigenvalue weighted by Gasteiger charge is -2.07. The smallest absolute Gasteiger partial charge is 0.222 e. The van der Waals surface area contributed by atoms with Gasteiger partial charge in [0.1, 0.15) is 17.6 Å². The first-order chi connectivity index (χ1) is 7.93. The van der Waals surface area contributed by atoms with Gasteiger partial charge in [0.25, 0.3) is 10.0 Å². The summed E-state index contributed by atoms with van der Waals surface area (Å²) in [7, 11) is -3.90. The topological polar surface area (TPSA) is 64.8 Å². The third kappa shape index (κ3) is 2.26. The van der Waals surface area contributed by atoms with Gasteiger partial charge in [-0.05, 0) is 12.1 Å². The standard InChI is InChI=1S/C8H4Cl3N3O2S/c9-5-1-7(11)8(2-6(5)10)17(15,16)14-4-12-3-13-14/h1-4H. The van der Waals surface area contributed by atoms with Crippen molar-refractivity contribution in [1.29, 1.82) is 0 Å². The third-order valence-corrected chi connectivity index (χ3v) is 4.62. The summed E-state index contributed by atoms with van der Waals surface area (Å²) in [6.07, 6.45) is 2.15. The summed E-state index contributed by atoms with van der Waals surface area (Å²) < 4.78 is 24.8. The van der Waals surface area contributed by atoms with Crippen LogP contribution in [0.25, 0.3) is 0 Å². The van der Waals surface area contributed by atoms with E-state index < -0.39 is 10.0 Å². The highest BCUT2D eigenvalue weighted by atomic mass is 35.5. The minimum Gasteiger partial charge on any atom is -0.222 e. The molecule has 2 aromatic rings. The van der Waals surface area contributed by atoms with Crippen LogP contribution in [0.5, 0.6) is 0 Å². The molecule has 5 nitrogen and oxygen atoms in total. The van der Waals surface area contributed by atoms with Gasteiger partial charge in [-0.1, -0.05) is 34.8 Å². The molecule has 0 saturated carbocycles. The largest absolute Gasteiger partial charge is 0.285 e. The SMILES string of the molecule is O=S(=O)(c1cc(Cl)c(Cl)cc1Cl)n1cncn1. The average Bonchev–Trinajstić information content (AvgIpc) is 2.77. The van der Waals surface area contributed by atoms with E-state index in [4.69, 9.17) is 34.8 Å². The maximum Gasteiger partial charge on any atom is 0.285 e. The van der Waals surface area contributed by atoms with Crippen molar-refractivity contribution in [3.05, 3.63) is 39.9 Å². The predicted octanol–water partition coefficient (Wildman–Crippen LogP) is 2.48. The van der Waals surface area contributed by atoms with Crippen molar-refractivity contribution in [1.82, 2.24) is 14.2 Å². The Kier molecular flexibility index (Phi) is 3.31. The van der Waals surface area contributed by atoms with Gasteiger partial charge in [0, 0.05) is 0 Å². The van der Waals surface area contributed by atoms with Crippen LogP contribution in [0.4, 0.5) is 0 Å². The van der Waals surface area contributed by atoms with Crippen LogP contribution in [-0.2, 0) is 10.0 Å². The molecular formula is C8H4Cl3N3O2S. The van der Waals surface area contributed by atoms with Gasteiger partial charge >= 0.3 is 0 Å². The normalized spacial score (nSPS) is 11.7. The van der Waals surface area contributed by atoms with Crippen LogP contribution >= 0.6 is 34.8 Å². The van der Waals surface area contributed by atoms with Gasteiger partial charge in [0.2, 0.25) is 0 Å². The molecule has 0 amide bonds. The molecule has 2 rings (SSSR count). The Hall–Kier alpha value is -0.820. The van der Waals surface area contributed by atoms with Gasteiger partial charge in [-0.2, -0.15) is 8.42 Å².